The molecule has 1 fully saturated rings. The maximum absolute atomic E-state index is 11.4. The second-order valence-electron chi connectivity index (χ2n) is 4.54. The van der Waals surface area contributed by atoms with Crippen molar-refractivity contribution in [3.05, 3.63) is 0 Å². The summed E-state index contributed by atoms with van der Waals surface area (Å²) in [6.45, 7) is 7.32. The van der Waals surface area contributed by atoms with Gasteiger partial charge in [-0.2, -0.15) is 0 Å². The monoisotopic (exact) mass is 198 g/mol. The maximum atomic E-state index is 11.4. The van der Waals surface area contributed by atoms with Gasteiger partial charge < -0.3 is 10.2 Å². The highest BCUT2D eigenvalue weighted by Gasteiger charge is 2.28. The lowest BCUT2D eigenvalue weighted by Crippen LogP contribution is -2.53. The molecule has 80 valence electrons. The van der Waals surface area contributed by atoms with Crippen molar-refractivity contribution in [2.24, 2.45) is 5.41 Å². The number of nitrogens with one attached hydrogen (secondary N) is 1. The Morgan fingerprint density at radius 2 is 2.07 bits per heavy atom. The molecule has 0 saturated carbocycles. The molecule has 0 aliphatic carbocycles. The first-order valence-corrected chi connectivity index (χ1v) is 4.99. The number of carbonyl (C=O) groups excluding carboxylic acids is 2. The zero-order chi connectivity index (χ0) is 10.8. The zero-order valence-corrected chi connectivity index (χ0v) is 9.09. The molecule has 2 amide bonds. The largest absolute Gasteiger partial charge is 0.345 e. The van der Waals surface area contributed by atoms with Crippen molar-refractivity contribution in [3.8, 4) is 0 Å². The molecular formula is C10H18N2O2. The van der Waals surface area contributed by atoms with Crippen molar-refractivity contribution in [1.82, 2.24) is 10.2 Å². The minimum Gasteiger partial charge on any atom is -0.345 e. The SMILES string of the molecule is CCC(C)(C)CN1CC(=O)NCC1=O. The van der Waals surface area contributed by atoms with Crippen LogP contribution in [0.5, 0.6) is 0 Å². The fourth-order valence-corrected chi connectivity index (χ4v) is 1.38. The first-order valence-electron chi connectivity index (χ1n) is 4.99. The van der Waals surface area contributed by atoms with Crippen LogP contribution in [0.2, 0.25) is 0 Å². The lowest BCUT2D eigenvalue weighted by molar-refractivity contribution is -0.141. The van der Waals surface area contributed by atoms with Crippen molar-refractivity contribution in [1.29, 1.82) is 0 Å². The van der Waals surface area contributed by atoms with Gasteiger partial charge in [0.2, 0.25) is 11.8 Å². The summed E-state index contributed by atoms with van der Waals surface area (Å²) >= 11 is 0. The molecular weight excluding hydrogens is 180 g/mol. The van der Waals surface area contributed by atoms with Crippen LogP contribution in [0.3, 0.4) is 0 Å². The van der Waals surface area contributed by atoms with Crippen LogP contribution in [0.15, 0.2) is 0 Å². The molecule has 1 saturated heterocycles. The van der Waals surface area contributed by atoms with E-state index in [9.17, 15) is 9.59 Å². The van der Waals surface area contributed by atoms with Crippen LogP contribution in [0.1, 0.15) is 27.2 Å². The minimum atomic E-state index is -0.0588. The van der Waals surface area contributed by atoms with Gasteiger partial charge in [-0.1, -0.05) is 20.8 Å². The van der Waals surface area contributed by atoms with Crippen LogP contribution < -0.4 is 5.32 Å². The average Bonchev–Trinajstić information content (AvgIpc) is 2.11. The molecule has 0 aromatic carbocycles. The Morgan fingerprint density at radius 1 is 1.43 bits per heavy atom. The number of carbonyl (C=O) groups is 2. The fraction of sp³-hybridized carbons (Fsp3) is 0.800. The molecule has 0 spiro atoms. The van der Waals surface area contributed by atoms with Crippen molar-refractivity contribution < 1.29 is 9.59 Å². The normalized spacial score (nSPS) is 18.4. The molecule has 0 aromatic rings. The maximum Gasteiger partial charge on any atom is 0.242 e. The lowest BCUT2D eigenvalue weighted by atomic mass is 9.89. The van der Waals surface area contributed by atoms with Gasteiger partial charge in [0.05, 0.1) is 13.1 Å². The van der Waals surface area contributed by atoms with Gasteiger partial charge in [-0.15, -0.1) is 0 Å². The predicted octanol–water partition coefficient (Wildman–Crippen LogP) is 0.381. The highest BCUT2D eigenvalue weighted by atomic mass is 16.2. The molecule has 0 radical (unpaired) electrons. The second kappa shape index (κ2) is 3.98. The Balaban J connectivity index is 2.58. The Bertz CT molecular complexity index is 249. The van der Waals surface area contributed by atoms with Gasteiger partial charge in [-0.3, -0.25) is 9.59 Å². The van der Waals surface area contributed by atoms with Crippen LogP contribution >= 0.6 is 0 Å². The molecule has 0 unspecified atom stereocenters. The van der Waals surface area contributed by atoms with Gasteiger partial charge >= 0.3 is 0 Å². The Kier molecular flexibility index (Phi) is 3.13. The van der Waals surface area contributed by atoms with E-state index in [-0.39, 0.29) is 30.3 Å². The van der Waals surface area contributed by atoms with E-state index in [1.165, 1.54) is 0 Å². The molecule has 4 nitrogen and oxygen atoms in total. The molecule has 1 heterocycles. The Morgan fingerprint density at radius 3 is 2.64 bits per heavy atom. The van der Waals surface area contributed by atoms with E-state index in [0.29, 0.717) is 6.54 Å². The second-order valence-corrected chi connectivity index (χ2v) is 4.54. The summed E-state index contributed by atoms with van der Waals surface area (Å²) in [5.41, 5.74) is 0.0906. The number of nitrogens with zero attached hydrogens (tertiary/aromatic N) is 1. The van der Waals surface area contributed by atoms with Crippen molar-refractivity contribution in [3.63, 3.8) is 0 Å². The molecule has 14 heavy (non-hydrogen) atoms. The lowest BCUT2D eigenvalue weighted by Gasteiger charge is -2.33. The van der Waals surface area contributed by atoms with E-state index in [1.54, 1.807) is 4.90 Å². The van der Waals surface area contributed by atoms with Crippen molar-refractivity contribution in [2.75, 3.05) is 19.6 Å². The van der Waals surface area contributed by atoms with Gasteiger partial charge in [-0.25, -0.2) is 0 Å². The summed E-state index contributed by atoms with van der Waals surface area (Å²) in [6, 6.07) is 0. The summed E-state index contributed by atoms with van der Waals surface area (Å²) in [7, 11) is 0. The molecule has 1 N–H and O–H groups in total. The highest BCUT2D eigenvalue weighted by Crippen LogP contribution is 2.21. The number of amides is 2. The van der Waals surface area contributed by atoms with Gasteiger partial charge in [0.15, 0.2) is 0 Å². The van der Waals surface area contributed by atoms with Gasteiger partial charge in [-0.05, 0) is 11.8 Å². The first kappa shape index (κ1) is 11.0. The number of hydrogen-bond donors (Lipinski definition) is 1. The molecule has 4 heteroatoms. The van der Waals surface area contributed by atoms with E-state index in [2.05, 4.69) is 26.1 Å². The van der Waals surface area contributed by atoms with E-state index in [1.807, 2.05) is 0 Å². The Labute approximate surface area is 84.7 Å². The summed E-state index contributed by atoms with van der Waals surface area (Å²) in [6.07, 6.45) is 0.998. The number of piperazine rings is 1. The third-order valence-corrected chi connectivity index (χ3v) is 2.70. The Hall–Kier alpha value is -1.06. The summed E-state index contributed by atoms with van der Waals surface area (Å²) in [5, 5.41) is 2.54. The average molecular weight is 198 g/mol. The smallest absolute Gasteiger partial charge is 0.242 e. The highest BCUT2D eigenvalue weighted by molar-refractivity contribution is 5.92. The van der Waals surface area contributed by atoms with Crippen LogP contribution in [-0.4, -0.2) is 36.3 Å². The van der Waals surface area contributed by atoms with Crippen LogP contribution in [0.25, 0.3) is 0 Å². The minimum absolute atomic E-state index is 0.0196. The number of rotatable bonds is 3. The standard InChI is InChI=1S/C10H18N2O2/c1-4-10(2,3)7-12-6-8(13)11-5-9(12)14/h4-7H2,1-3H3,(H,11,13). The molecule has 1 aliphatic heterocycles. The third kappa shape index (κ3) is 2.72. The van der Waals surface area contributed by atoms with E-state index >= 15 is 0 Å². The molecule has 0 atom stereocenters. The number of hydrogen-bond acceptors (Lipinski definition) is 2. The molecule has 1 rings (SSSR count). The van der Waals surface area contributed by atoms with Crippen molar-refractivity contribution in [2.45, 2.75) is 27.2 Å². The molecule has 0 bridgehead atoms. The van der Waals surface area contributed by atoms with E-state index in [0.717, 1.165) is 6.42 Å². The fourth-order valence-electron chi connectivity index (χ4n) is 1.38. The van der Waals surface area contributed by atoms with Crippen molar-refractivity contribution >= 4 is 11.8 Å². The third-order valence-electron chi connectivity index (χ3n) is 2.70. The van der Waals surface area contributed by atoms with Gasteiger partial charge in [0.1, 0.15) is 0 Å². The van der Waals surface area contributed by atoms with Crippen LogP contribution in [0, 0.1) is 5.41 Å². The summed E-state index contributed by atoms with van der Waals surface area (Å²) in [4.78, 5) is 24.2. The van der Waals surface area contributed by atoms with Gasteiger partial charge in [0.25, 0.3) is 0 Å². The van der Waals surface area contributed by atoms with E-state index < -0.39 is 0 Å². The predicted molar refractivity (Wildman–Crippen MR) is 53.7 cm³/mol. The van der Waals surface area contributed by atoms with Crippen LogP contribution in [-0.2, 0) is 9.59 Å². The quantitative estimate of drug-likeness (QED) is 0.712. The first-order chi connectivity index (χ1) is 6.44. The molecule has 0 aromatic heterocycles. The summed E-state index contributed by atoms with van der Waals surface area (Å²) < 4.78 is 0. The zero-order valence-electron chi connectivity index (χ0n) is 9.09. The van der Waals surface area contributed by atoms with Gasteiger partial charge in [0, 0.05) is 6.54 Å². The van der Waals surface area contributed by atoms with E-state index in [4.69, 9.17) is 0 Å². The topological polar surface area (TPSA) is 49.4 Å². The molecule has 1 aliphatic rings. The van der Waals surface area contributed by atoms with Crippen LogP contribution in [0.4, 0.5) is 0 Å². The summed E-state index contributed by atoms with van der Waals surface area (Å²) in [5.74, 6) is -0.0392.